The number of hydrogen-bond acceptors (Lipinski definition) is 4. The Morgan fingerprint density at radius 2 is 1.80 bits per heavy atom. The lowest BCUT2D eigenvalue weighted by molar-refractivity contribution is -0.167. The fourth-order valence-corrected chi connectivity index (χ4v) is 6.00. The predicted octanol–water partition coefficient (Wildman–Crippen LogP) is 2.21. The fraction of sp³-hybridized carbons (Fsp3) is 0.611. The van der Waals surface area contributed by atoms with Crippen LogP contribution in [-0.4, -0.2) is 49.1 Å². The number of aromatic carboxylic acids is 1. The van der Waals surface area contributed by atoms with Gasteiger partial charge in [-0.2, -0.15) is 4.31 Å². The molecule has 1 aromatic carbocycles. The zero-order valence-electron chi connectivity index (χ0n) is 14.2. The van der Waals surface area contributed by atoms with Crippen LogP contribution in [0.3, 0.4) is 0 Å². The molecule has 2 aliphatic heterocycles. The molecule has 2 saturated heterocycles. The molecule has 0 bridgehead atoms. The van der Waals surface area contributed by atoms with Crippen LogP contribution < -0.4 is 0 Å². The molecule has 2 heterocycles. The SMILES string of the molecule is O=C(O)c1cc2c(c(S(=O)(=O)N3CCC4(CCO4)CC3)c1)CCCC2. The van der Waals surface area contributed by atoms with E-state index < -0.39 is 16.0 Å². The molecule has 0 aromatic heterocycles. The Morgan fingerprint density at radius 3 is 2.40 bits per heavy atom. The van der Waals surface area contributed by atoms with E-state index in [9.17, 15) is 18.3 Å². The quantitative estimate of drug-likeness (QED) is 0.888. The molecule has 0 amide bonds. The van der Waals surface area contributed by atoms with E-state index in [0.717, 1.165) is 43.4 Å². The van der Waals surface area contributed by atoms with Crippen molar-refractivity contribution in [3.63, 3.8) is 0 Å². The zero-order chi connectivity index (χ0) is 17.7. The summed E-state index contributed by atoms with van der Waals surface area (Å²) in [5.74, 6) is -1.08. The van der Waals surface area contributed by atoms with Crippen molar-refractivity contribution in [2.75, 3.05) is 19.7 Å². The van der Waals surface area contributed by atoms with Gasteiger partial charge in [0.25, 0.3) is 0 Å². The maximum atomic E-state index is 13.2. The first kappa shape index (κ1) is 17.0. The lowest BCUT2D eigenvalue weighted by Gasteiger charge is -2.47. The van der Waals surface area contributed by atoms with Crippen LogP contribution in [0, 0.1) is 0 Å². The average molecular weight is 365 g/mol. The summed E-state index contributed by atoms with van der Waals surface area (Å²) in [5.41, 5.74) is 1.64. The number of benzene rings is 1. The molecule has 1 aromatic rings. The second-order valence-corrected chi connectivity index (χ2v) is 9.22. The van der Waals surface area contributed by atoms with E-state index in [1.165, 1.54) is 10.4 Å². The lowest BCUT2D eigenvalue weighted by atomic mass is 9.85. The Hall–Kier alpha value is -1.44. The van der Waals surface area contributed by atoms with E-state index in [1.807, 2.05) is 0 Å². The fourth-order valence-electron chi connectivity index (χ4n) is 4.24. The van der Waals surface area contributed by atoms with Crippen molar-refractivity contribution in [1.29, 1.82) is 0 Å². The van der Waals surface area contributed by atoms with Gasteiger partial charge in [-0.3, -0.25) is 0 Å². The highest BCUT2D eigenvalue weighted by molar-refractivity contribution is 7.89. The Balaban J connectivity index is 1.70. The number of carboxylic acids is 1. The normalized spacial score (nSPS) is 23.0. The minimum Gasteiger partial charge on any atom is -0.478 e. The summed E-state index contributed by atoms with van der Waals surface area (Å²) in [6.45, 7) is 1.64. The van der Waals surface area contributed by atoms with Gasteiger partial charge < -0.3 is 9.84 Å². The van der Waals surface area contributed by atoms with E-state index in [2.05, 4.69) is 0 Å². The number of piperidine rings is 1. The van der Waals surface area contributed by atoms with Crippen LogP contribution in [0.25, 0.3) is 0 Å². The minimum atomic E-state index is -3.68. The zero-order valence-corrected chi connectivity index (χ0v) is 15.0. The first-order valence-corrected chi connectivity index (χ1v) is 10.4. The summed E-state index contributed by atoms with van der Waals surface area (Å²) in [6, 6.07) is 3.00. The first-order chi connectivity index (χ1) is 11.9. The molecule has 1 spiro atoms. The second kappa shape index (κ2) is 6.07. The first-order valence-electron chi connectivity index (χ1n) is 8.95. The Morgan fingerprint density at radius 1 is 1.12 bits per heavy atom. The van der Waals surface area contributed by atoms with Gasteiger partial charge in [-0.05, 0) is 68.2 Å². The van der Waals surface area contributed by atoms with Crippen molar-refractivity contribution in [2.24, 2.45) is 0 Å². The number of sulfonamides is 1. The molecule has 0 unspecified atom stereocenters. The van der Waals surface area contributed by atoms with Gasteiger partial charge in [-0.1, -0.05) is 0 Å². The van der Waals surface area contributed by atoms with Gasteiger partial charge in [0.15, 0.2) is 0 Å². The van der Waals surface area contributed by atoms with E-state index in [0.29, 0.717) is 32.4 Å². The maximum absolute atomic E-state index is 13.2. The Kier molecular flexibility index (Phi) is 4.13. The molecule has 4 rings (SSSR count). The van der Waals surface area contributed by atoms with Crippen molar-refractivity contribution in [1.82, 2.24) is 4.31 Å². The largest absolute Gasteiger partial charge is 0.478 e. The number of ether oxygens (including phenoxy) is 1. The Labute approximate surface area is 147 Å². The maximum Gasteiger partial charge on any atom is 0.335 e. The molecule has 0 radical (unpaired) electrons. The van der Waals surface area contributed by atoms with E-state index in [4.69, 9.17) is 4.74 Å². The topological polar surface area (TPSA) is 83.9 Å². The van der Waals surface area contributed by atoms with Gasteiger partial charge in [0.05, 0.1) is 22.7 Å². The minimum absolute atomic E-state index is 0.0648. The molecule has 1 N–H and O–H groups in total. The predicted molar refractivity (Wildman–Crippen MR) is 91.3 cm³/mol. The molecule has 136 valence electrons. The summed E-state index contributed by atoms with van der Waals surface area (Å²) in [4.78, 5) is 11.7. The van der Waals surface area contributed by atoms with Crippen molar-refractivity contribution in [2.45, 2.75) is 55.4 Å². The van der Waals surface area contributed by atoms with E-state index in [-0.39, 0.29) is 16.1 Å². The third-order valence-corrected chi connectivity index (χ3v) is 7.85. The molecule has 6 nitrogen and oxygen atoms in total. The summed E-state index contributed by atoms with van der Waals surface area (Å²) in [5, 5.41) is 9.37. The molecule has 1 aliphatic carbocycles. The third kappa shape index (κ3) is 2.88. The van der Waals surface area contributed by atoms with Crippen LogP contribution in [0.1, 0.15) is 53.6 Å². The van der Waals surface area contributed by atoms with Crippen molar-refractivity contribution >= 4 is 16.0 Å². The van der Waals surface area contributed by atoms with Gasteiger partial charge in [0, 0.05) is 13.1 Å². The van der Waals surface area contributed by atoms with Gasteiger partial charge in [-0.15, -0.1) is 0 Å². The van der Waals surface area contributed by atoms with E-state index >= 15 is 0 Å². The van der Waals surface area contributed by atoms with Crippen molar-refractivity contribution in [3.8, 4) is 0 Å². The molecular formula is C18H23NO5S. The summed E-state index contributed by atoms with van der Waals surface area (Å²) >= 11 is 0. The summed E-state index contributed by atoms with van der Waals surface area (Å²) in [7, 11) is -3.68. The Bertz CT molecular complexity index is 803. The number of carboxylic acid groups (broad SMARTS) is 1. The summed E-state index contributed by atoms with van der Waals surface area (Å²) in [6.07, 6.45) is 5.80. The summed E-state index contributed by atoms with van der Waals surface area (Å²) < 4.78 is 33.7. The average Bonchev–Trinajstić information content (AvgIpc) is 2.59. The van der Waals surface area contributed by atoms with Crippen LogP contribution in [-0.2, 0) is 27.6 Å². The second-order valence-electron chi connectivity index (χ2n) is 7.31. The highest BCUT2D eigenvalue weighted by atomic mass is 32.2. The number of hydrogen-bond donors (Lipinski definition) is 1. The highest BCUT2D eigenvalue weighted by Crippen LogP contribution is 2.39. The van der Waals surface area contributed by atoms with Crippen molar-refractivity contribution in [3.05, 3.63) is 28.8 Å². The van der Waals surface area contributed by atoms with Gasteiger partial charge >= 0.3 is 5.97 Å². The third-order valence-electron chi connectivity index (χ3n) is 5.89. The van der Waals surface area contributed by atoms with Crippen LogP contribution in [0.2, 0.25) is 0 Å². The molecule has 0 atom stereocenters. The standard InChI is InChI=1S/C18H23NO5S/c20-17(21)14-11-13-3-1-2-4-15(13)16(12-14)25(22,23)19-8-5-18(6-9-19)7-10-24-18/h11-12H,1-10H2,(H,20,21). The number of rotatable bonds is 3. The van der Waals surface area contributed by atoms with Gasteiger partial charge in [0.1, 0.15) is 0 Å². The highest BCUT2D eigenvalue weighted by Gasteiger charge is 2.44. The molecular weight excluding hydrogens is 342 g/mol. The number of nitrogens with zero attached hydrogens (tertiary/aromatic N) is 1. The molecule has 25 heavy (non-hydrogen) atoms. The van der Waals surface area contributed by atoms with Gasteiger partial charge in [-0.25, -0.2) is 13.2 Å². The van der Waals surface area contributed by atoms with Crippen LogP contribution in [0.5, 0.6) is 0 Å². The monoisotopic (exact) mass is 365 g/mol. The lowest BCUT2D eigenvalue weighted by Crippen LogP contribution is -2.53. The molecule has 7 heteroatoms. The number of carbonyl (C=O) groups is 1. The van der Waals surface area contributed by atoms with Crippen LogP contribution in [0.4, 0.5) is 0 Å². The number of fused-ring (bicyclic) bond motifs is 1. The molecule has 2 fully saturated rings. The van der Waals surface area contributed by atoms with Crippen LogP contribution >= 0.6 is 0 Å². The van der Waals surface area contributed by atoms with Crippen molar-refractivity contribution < 1.29 is 23.1 Å². The van der Waals surface area contributed by atoms with E-state index in [1.54, 1.807) is 6.07 Å². The van der Waals surface area contributed by atoms with Crippen LogP contribution in [0.15, 0.2) is 17.0 Å². The van der Waals surface area contributed by atoms with Gasteiger partial charge in [0.2, 0.25) is 10.0 Å². The molecule has 0 saturated carbocycles. The number of aryl methyl sites for hydroxylation is 1. The smallest absolute Gasteiger partial charge is 0.335 e. The molecule has 3 aliphatic rings.